The van der Waals surface area contributed by atoms with Gasteiger partial charge in [0.05, 0.1) is 0 Å². The lowest BCUT2D eigenvalue weighted by atomic mass is 10.2. The summed E-state index contributed by atoms with van der Waals surface area (Å²) in [5.41, 5.74) is 0. The maximum absolute atomic E-state index is 5.59. The van der Waals surface area contributed by atoms with Crippen LogP contribution in [0.5, 0.6) is 0 Å². The van der Waals surface area contributed by atoms with Crippen molar-refractivity contribution in [1.82, 2.24) is 5.32 Å². The predicted molar refractivity (Wildman–Crippen MR) is 63.1 cm³/mol. The molecule has 0 aromatic carbocycles. The average molecular weight is 222 g/mol. The van der Waals surface area contributed by atoms with Crippen molar-refractivity contribution in [2.45, 2.75) is 45.1 Å². The second-order valence-electron chi connectivity index (χ2n) is 3.74. The molecule has 0 aliphatic carbocycles. The molecule has 1 N–H and O–H groups in total. The summed E-state index contributed by atoms with van der Waals surface area (Å²) in [7, 11) is 1.75. The van der Waals surface area contributed by atoms with E-state index in [4.69, 9.17) is 16.3 Å². The first-order chi connectivity index (χ1) is 6.81. The molecule has 1 atom stereocenters. The zero-order chi connectivity index (χ0) is 10.6. The molecule has 0 aromatic rings. The Morgan fingerprint density at radius 2 is 1.93 bits per heavy atom. The Kier molecular flexibility index (Phi) is 11.5. The highest BCUT2D eigenvalue weighted by molar-refractivity contribution is 6.17. The smallest absolute Gasteiger partial charge is 0.0476 e. The van der Waals surface area contributed by atoms with Crippen molar-refractivity contribution in [1.29, 1.82) is 0 Å². The second kappa shape index (κ2) is 11.3. The van der Waals surface area contributed by atoms with Crippen molar-refractivity contribution in [2.75, 3.05) is 26.1 Å². The van der Waals surface area contributed by atoms with Gasteiger partial charge in [0.25, 0.3) is 0 Å². The van der Waals surface area contributed by atoms with Crippen LogP contribution in [-0.4, -0.2) is 32.2 Å². The second-order valence-corrected chi connectivity index (χ2v) is 4.12. The van der Waals surface area contributed by atoms with E-state index in [9.17, 15) is 0 Å². The number of methoxy groups -OCH3 is 1. The fraction of sp³-hybridized carbons (Fsp3) is 1.00. The Labute approximate surface area is 93.4 Å². The molecule has 0 saturated heterocycles. The molecular weight excluding hydrogens is 198 g/mol. The number of nitrogens with one attached hydrogen (secondary N) is 1. The molecule has 0 aromatic heterocycles. The average Bonchev–Trinajstić information content (AvgIpc) is 2.20. The van der Waals surface area contributed by atoms with Crippen LogP contribution in [0.25, 0.3) is 0 Å². The Hall–Kier alpha value is 0.210. The number of unbranched alkanes of at least 4 members (excludes halogenated alkanes) is 3. The van der Waals surface area contributed by atoms with Crippen LogP contribution in [0.15, 0.2) is 0 Å². The van der Waals surface area contributed by atoms with Gasteiger partial charge in [0.15, 0.2) is 0 Å². The van der Waals surface area contributed by atoms with Crippen molar-refractivity contribution in [3.05, 3.63) is 0 Å². The minimum atomic E-state index is 0.572. The van der Waals surface area contributed by atoms with E-state index in [-0.39, 0.29) is 0 Å². The number of rotatable bonds is 10. The molecule has 0 spiro atoms. The van der Waals surface area contributed by atoms with Gasteiger partial charge in [-0.3, -0.25) is 0 Å². The number of halogens is 1. The van der Waals surface area contributed by atoms with Gasteiger partial charge in [-0.15, -0.1) is 11.6 Å². The standard InChI is InChI=1S/C11H24ClNO/c1-11(7-10-14-2)13-9-6-4-3-5-8-12/h11,13H,3-10H2,1-2H3. The van der Waals surface area contributed by atoms with E-state index in [1.165, 1.54) is 19.3 Å². The Bertz CT molecular complexity index is 111. The van der Waals surface area contributed by atoms with Gasteiger partial charge in [0.1, 0.15) is 0 Å². The fourth-order valence-corrected chi connectivity index (χ4v) is 1.51. The van der Waals surface area contributed by atoms with Gasteiger partial charge < -0.3 is 10.1 Å². The van der Waals surface area contributed by atoms with Crippen LogP contribution in [0.4, 0.5) is 0 Å². The summed E-state index contributed by atoms with van der Waals surface area (Å²) in [6.45, 7) is 4.17. The van der Waals surface area contributed by atoms with Crippen molar-refractivity contribution < 1.29 is 4.74 Å². The van der Waals surface area contributed by atoms with Crippen LogP contribution in [0.1, 0.15) is 39.0 Å². The summed E-state index contributed by atoms with van der Waals surface area (Å²) >= 11 is 5.59. The van der Waals surface area contributed by atoms with E-state index < -0.39 is 0 Å². The van der Waals surface area contributed by atoms with Gasteiger partial charge in [-0.1, -0.05) is 12.8 Å². The maximum atomic E-state index is 5.59. The molecule has 0 aliphatic rings. The minimum absolute atomic E-state index is 0.572. The van der Waals surface area contributed by atoms with E-state index in [2.05, 4.69) is 12.2 Å². The Balaban J connectivity index is 3.02. The lowest BCUT2D eigenvalue weighted by Crippen LogP contribution is -2.28. The van der Waals surface area contributed by atoms with Gasteiger partial charge in [0, 0.05) is 25.6 Å². The third-order valence-corrected chi connectivity index (χ3v) is 2.58. The molecule has 0 rings (SSSR count). The number of hydrogen-bond donors (Lipinski definition) is 1. The molecule has 2 nitrogen and oxygen atoms in total. The first-order valence-electron chi connectivity index (χ1n) is 5.59. The molecule has 1 unspecified atom stereocenters. The SMILES string of the molecule is COCCC(C)NCCCCCCCl. The van der Waals surface area contributed by atoms with Crippen molar-refractivity contribution in [3.63, 3.8) is 0 Å². The van der Waals surface area contributed by atoms with E-state index in [1.54, 1.807) is 7.11 Å². The Morgan fingerprint density at radius 3 is 2.57 bits per heavy atom. The summed E-state index contributed by atoms with van der Waals surface area (Å²) in [5.74, 6) is 0.803. The minimum Gasteiger partial charge on any atom is -0.385 e. The number of hydrogen-bond acceptors (Lipinski definition) is 2. The molecule has 86 valence electrons. The van der Waals surface area contributed by atoms with Crippen molar-refractivity contribution in [3.8, 4) is 0 Å². The van der Waals surface area contributed by atoms with Crippen LogP contribution in [0, 0.1) is 0 Å². The van der Waals surface area contributed by atoms with E-state index >= 15 is 0 Å². The zero-order valence-corrected chi connectivity index (χ0v) is 10.3. The maximum Gasteiger partial charge on any atom is 0.0476 e. The molecule has 0 aliphatic heterocycles. The van der Waals surface area contributed by atoms with E-state index in [1.807, 2.05) is 0 Å². The quantitative estimate of drug-likeness (QED) is 0.453. The highest BCUT2D eigenvalue weighted by atomic mass is 35.5. The lowest BCUT2D eigenvalue weighted by molar-refractivity contribution is 0.185. The van der Waals surface area contributed by atoms with Crippen LogP contribution < -0.4 is 5.32 Å². The van der Waals surface area contributed by atoms with Crippen LogP contribution >= 0.6 is 11.6 Å². The molecule has 0 saturated carbocycles. The van der Waals surface area contributed by atoms with Crippen molar-refractivity contribution in [2.24, 2.45) is 0 Å². The topological polar surface area (TPSA) is 21.3 Å². The number of alkyl halides is 1. The zero-order valence-electron chi connectivity index (χ0n) is 9.52. The number of ether oxygens (including phenoxy) is 1. The molecule has 14 heavy (non-hydrogen) atoms. The third-order valence-electron chi connectivity index (χ3n) is 2.31. The first kappa shape index (κ1) is 14.2. The van der Waals surface area contributed by atoms with Gasteiger partial charge in [-0.25, -0.2) is 0 Å². The van der Waals surface area contributed by atoms with Gasteiger partial charge >= 0.3 is 0 Å². The molecule has 3 heteroatoms. The summed E-state index contributed by atoms with van der Waals surface area (Å²) < 4.78 is 5.02. The molecule has 0 radical (unpaired) electrons. The highest BCUT2D eigenvalue weighted by Crippen LogP contribution is 2.00. The molecular formula is C11H24ClNO. The van der Waals surface area contributed by atoms with E-state index in [0.717, 1.165) is 31.9 Å². The summed E-state index contributed by atoms with van der Waals surface area (Å²) in [6.07, 6.45) is 6.06. The van der Waals surface area contributed by atoms with Crippen molar-refractivity contribution >= 4 is 11.6 Å². The summed E-state index contributed by atoms with van der Waals surface area (Å²) in [4.78, 5) is 0. The van der Waals surface area contributed by atoms with Crippen LogP contribution in [0.3, 0.4) is 0 Å². The normalized spacial score (nSPS) is 13.1. The van der Waals surface area contributed by atoms with Gasteiger partial charge in [-0.05, 0) is 32.7 Å². The highest BCUT2D eigenvalue weighted by Gasteiger charge is 1.99. The monoisotopic (exact) mass is 221 g/mol. The van der Waals surface area contributed by atoms with E-state index in [0.29, 0.717) is 6.04 Å². The van der Waals surface area contributed by atoms with Crippen LogP contribution in [-0.2, 0) is 4.74 Å². The first-order valence-corrected chi connectivity index (χ1v) is 6.13. The van der Waals surface area contributed by atoms with Gasteiger partial charge in [-0.2, -0.15) is 0 Å². The molecule has 0 amide bonds. The lowest BCUT2D eigenvalue weighted by Gasteiger charge is -2.12. The van der Waals surface area contributed by atoms with Crippen LogP contribution in [0.2, 0.25) is 0 Å². The summed E-state index contributed by atoms with van der Waals surface area (Å²) in [6, 6.07) is 0.572. The Morgan fingerprint density at radius 1 is 1.21 bits per heavy atom. The fourth-order valence-electron chi connectivity index (χ4n) is 1.32. The molecule has 0 bridgehead atoms. The van der Waals surface area contributed by atoms with Gasteiger partial charge in [0.2, 0.25) is 0 Å². The molecule has 0 heterocycles. The largest absolute Gasteiger partial charge is 0.385 e. The third kappa shape index (κ3) is 10.3. The summed E-state index contributed by atoms with van der Waals surface area (Å²) in [5, 5.41) is 3.48. The predicted octanol–water partition coefficient (Wildman–Crippen LogP) is 2.80. The molecule has 0 fully saturated rings.